The van der Waals surface area contributed by atoms with E-state index in [1.165, 1.54) is 0 Å². The molecule has 1 N–H and O–H groups in total. The molecular weight excluding hydrogens is 712 g/mol. The van der Waals surface area contributed by atoms with Crippen LogP contribution in [0.25, 0.3) is 77.1 Å². The molecule has 8 aromatic rings. The van der Waals surface area contributed by atoms with Gasteiger partial charge in [-0.2, -0.15) is 0 Å². The first-order chi connectivity index (χ1) is 23.0. The van der Waals surface area contributed by atoms with Crippen LogP contribution >= 0.6 is 31.9 Å². The fourth-order valence-corrected chi connectivity index (χ4v) is 7.17. The van der Waals surface area contributed by atoms with Crippen molar-refractivity contribution in [1.29, 1.82) is 0 Å². The van der Waals surface area contributed by atoms with Gasteiger partial charge in [-0.05, 0) is 87.0 Å². The lowest BCUT2D eigenvalue weighted by Gasteiger charge is -2.26. The number of fused-ring (bicyclic) bond motifs is 6. The van der Waals surface area contributed by atoms with E-state index in [1.54, 1.807) is 12.3 Å². The number of nitrogens with zero attached hydrogens (tertiary/aromatic N) is 2. The Bertz CT molecular complexity index is 2480. The molecule has 4 nitrogen and oxygen atoms in total. The molecule has 6 aromatic carbocycles. The summed E-state index contributed by atoms with van der Waals surface area (Å²) in [6, 6.07) is 45.4. The highest BCUT2D eigenvalue weighted by Crippen LogP contribution is 2.54. The minimum absolute atomic E-state index is 0.0219. The van der Waals surface area contributed by atoms with Crippen LogP contribution in [0.15, 0.2) is 149 Å². The van der Waals surface area contributed by atoms with E-state index in [-0.39, 0.29) is 5.69 Å². The summed E-state index contributed by atoms with van der Waals surface area (Å²) in [6.07, 6.45) is 1.74. The number of pyridine rings is 2. The van der Waals surface area contributed by atoms with E-state index >= 15 is 0 Å². The molecule has 0 aliphatic carbocycles. The van der Waals surface area contributed by atoms with Crippen LogP contribution in [-0.2, 0) is 0 Å². The normalized spacial score (nSPS) is 11.4. The van der Waals surface area contributed by atoms with Crippen molar-refractivity contribution in [2.75, 3.05) is 0 Å². The number of benzene rings is 6. The van der Waals surface area contributed by atoms with E-state index in [1.807, 2.05) is 24.3 Å². The lowest BCUT2D eigenvalue weighted by molar-refractivity contribution is 0.0691. The number of hydrogen-bond donors (Lipinski definition) is 1. The summed E-state index contributed by atoms with van der Waals surface area (Å²) in [5.41, 5.74) is 9.72. The van der Waals surface area contributed by atoms with E-state index in [9.17, 15) is 9.90 Å². The molecule has 0 bridgehead atoms. The third-order valence-corrected chi connectivity index (χ3v) is 9.63. The van der Waals surface area contributed by atoms with E-state index in [2.05, 4.69) is 135 Å². The molecule has 0 aliphatic heterocycles. The topological polar surface area (TPSA) is 63.1 Å². The molecule has 0 amide bonds. The summed E-state index contributed by atoms with van der Waals surface area (Å²) in [5.74, 6) is -1.08. The Morgan fingerprint density at radius 3 is 1.45 bits per heavy atom. The van der Waals surface area contributed by atoms with Crippen LogP contribution in [0.3, 0.4) is 0 Å². The van der Waals surface area contributed by atoms with Crippen molar-refractivity contribution in [1.82, 2.24) is 9.97 Å². The van der Waals surface area contributed by atoms with Gasteiger partial charge in [0.2, 0.25) is 0 Å². The van der Waals surface area contributed by atoms with Crippen LogP contribution in [0.1, 0.15) is 10.5 Å². The van der Waals surface area contributed by atoms with Crippen molar-refractivity contribution in [2.45, 2.75) is 0 Å². The maximum Gasteiger partial charge on any atom is 0.354 e. The molecule has 0 atom stereocenters. The maximum atomic E-state index is 12.2. The first kappa shape index (κ1) is 29.2. The maximum absolute atomic E-state index is 12.2. The quantitative estimate of drug-likeness (QED) is 0.179. The van der Waals surface area contributed by atoms with Gasteiger partial charge in [-0.1, -0.05) is 123 Å². The number of rotatable bonds is 5. The largest absolute Gasteiger partial charge is 0.477 e. The highest BCUT2D eigenvalue weighted by molar-refractivity contribution is 9.10. The van der Waals surface area contributed by atoms with Crippen molar-refractivity contribution >= 4 is 70.4 Å². The van der Waals surface area contributed by atoms with Gasteiger partial charge in [0.25, 0.3) is 0 Å². The van der Waals surface area contributed by atoms with Crippen LogP contribution in [0.2, 0.25) is 0 Å². The van der Waals surface area contributed by atoms with Crippen molar-refractivity contribution < 1.29 is 9.90 Å². The number of carboxylic acid groups (broad SMARTS) is 1. The van der Waals surface area contributed by atoms with Gasteiger partial charge in [0.05, 0.1) is 11.0 Å². The lowest BCUT2D eigenvalue weighted by Crippen LogP contribution is -2.03. The van der Waals surface area contributed by atoms with Crippen molar-refractivity contribution in [2.24, 2.45) is 0 Å². The third kappa shape index (κ3) is 5.01. The minimum atomic E-state index is -1.08. The minimum Gasteiger partial charge on any atom is -0.477 e. The summed E-state index contributed by atoms with van der Waals surface area (Å²) >= 11 is 7.30. The lowest BCUT2D eigenvalue weighted by atomic mass is 9.77. The fraction of sp³-hybridized carbons (Fsp3) is 0. The molecular formula is C41H24Br2N2O2. The second kappa shape index (κ2) is 11.9. The number of halogens is 2. The monoisotopic (exact) mass is 734 g/mol. The van der Waals surface area contributed by atoms with Crippen LogP contribution in [0.4, 0.5) is 0 Å². The van der Waals surface area contributed by atoms with E-state index in [0.29, 0.717) is 11.0 Å². The van der Waals surface area contributed by atoms with Gasteiger partial charge in [0, 0.05) is 36.7 Å². The Balaban J connectivity index is 1.76. The van der Waals surface area contributed by atoms with Gasteiger partial charge in [-0.25, -0.2) is 9.78 Å². The van der Waals surface area contributed by atoms with E-state index < -0.39 is 5.97 Å². The number of aromatic nitrogens is 2. The van der Waals surface area contributed by atoms with E-state index in [4.69, 9.17) is 9.97 Å². The highest BCUT2D eigenvalue weighted by atomic mass is 79.9. The Hall–Kier alpha value is -5.17. The van der Waals surface area contributed by atoms with Gasteiger partial charge < -0.3 is 5.11 Å². The number of carboxylic acids is 1. The molecule has 0 unspecified atom stereocenters. The van der Waals surface area contributed by atoms with Crippen LogP contribution in [0, 0.1) is 0 Å². The Labute approximate surface area is 287 Å². The van der Waals surface area contributed by atoms with Gasteiger partial charge in [0.15, 0.2) is 0 Å². The van der Waals surface area contributed by atoms with Crippen molar-refractivity contribution in [3.63, 3.8) is 0 Å². The zero-order valence-corrected chi connectivity index (χ0v) is 28.0. The predicted molar refractivity (Wildman–Crippen MR) is 199 cm³/mol. The SMILES string of the molecule is O=C(O)c1ccc2c(n1)c1ncccc1c1c(-c3ccc(Br)cc3)c(-c3ccccc3)c(-c3ccccc3)c(-c3ccc(Br)cc3)c21. The molecule has 0 radical (unpaired) electrons. The second-order valence-electron chi connectivity index (χ2n) is 11.3. The molecule has 0 saturated carbocycles. The predicted octanol–water partition coefficient (Wildman–Crippen LogP) is 11.8. The smallest absolute Gasteiger partial charge is 0.354 e. The molecule has 2 heterocycles. The molecule has 224 valence electrons. The van der Waals surface area contributed by atoms with Crippen molar-refractivity contribution in [3.8, 4) is 44.5 Å². The zero-order chi connectivity index (χ0) is 32.1. The van der Waals surface area contributed by atoms with Crippen LogP contribution < -0.4 is 0 Å². The first-order valence-corrected chi connectivity index (χ1v) is 16.7. The molecule has 0 saturated heterocycles. The summed E-state index contributed by atoms with van der Waals surface area (Å²) < 4.78 is 1.97. The number of hydrogen-bond acceptors (Lipinski definition) is 3. The second-order valence-corrected chi connectivity index (χ2v) is 13.1. The van der Waals surface area contributed by atoms with Gasteiger partial charge >= 0.3 is 5.97 Å². The van der Waals surface area contributed by atoms with Gasteiger partial charge in [0.1, 0.15) is 5.69 Å². The molecule has 47 heavy (non-hydrogen) atoms. The molecule has 2 aromatic heterocycles. The summed E-state index contributed by atoms with van der Waals surface area (Å²) in [7, 11) is 0. The van der Waals surface area contributed by atoms with E-state index in [0.717, 1.165) is 75.0 Å². The Kier molecular flexibility index (Phi) is 7.39. The fourth-order valence-electron chi connectivity index (χ4n) is 6.64. The number of aromatic carboxylic acids is 1. The average molecular weight is 736 g/mol. The molecule has 6 heteroatoms. The summed E-state index contributed by atoms with van der Waals surface area (Å²) in [5, 5.41) is 13.7. The highest BCUT2D eigenvalue weighted by Gasteiger charge is 2.27. The molecule has 0 aliphatic rings. The summed E-state index contributed by atoms with van der Waals surface area (Å²) in [6.45, 7) is 0. The van der Waals surface area contributed by atoms with Crippen LogP contribution in [-0.4, -0.2) is 21.0 Å². The standard InChI is InChI=1S/C41H24Br2N2O2/c42-28-17-13-26(14-18-28)35-33(24-8-3-1-4-9-24)34(25-10-5-2-6-11-25)36(27-15-19-29(43)20-16-27)38-31-21-22-32(41(46)47)45-40(31)39-30(37(35)38)12-7-23-44-39/h1-23H,(H,46,47). The van der Waals surface area contributed by atoms with Gasteiger partial charge in [-0.15, -0.1) is 0 Å². The zero-order valence-electron chi connectivity index (χ0n) is 24.8. The molecule has 8 rings (SSSR count). The molecule has 0 spiro atoms. The van der Waals surface area contributed by atoms with Crippen molar-refractivity contribution in [3.05, 3.63) is 154 Å². The molecule has 0 fully saturated rings. The Morgan fingerprint density at radius 1 is 0.489 bits per heavy atom. The Morgan fingerprint density at radius 2 is 0.957 bits per heavy atom. The average Bonchev–Trinajstić information content (AvgIpc) is 3.12. The van der Waals surface area contributed by atoms with Crippen LogP contribution in [0.5, 0.6) is 0 Å². The van der Waals surface area contributed by atoms with Gasteiger partial charge in [-0.3, -0.25) is 4.98 Å². The number of carbonyl (C=O) groups is 1. The third-order valence-electron chi connectivity index (χ3n) is 8.58. The first-order valence-electron chi connectivity index (χ1n) is 15.1. The summed E-state index contributed by atoms with van der Waals surface area (Å²) in [4.78, 5) is 21.7.